The van der Waals surface area contributed by atoms with E-state index >= 15 is 0 Å². The Morgan fingerprint density at radius 3 is 1.70 bits per heavy atom. The number of nitrogens with two attached hydrogens (primary N) is 1. The van der Waals surface area contributed by atoms with Crippen LogP contribution in [0.1, 0.15) is 74.1 Å². The fraction of sp³-hybridized carbons (Fsp3) is 0.743. The van der Waals surface area contributed by atoms with E-state index in [4.69, 9.17) is 53.1 Å². The van der Waals surface area contributed by atoms with Crippen LogP contribution in [0.3, 0.4) is 0 Å². The molecule has 2 fully saturated rings. The van der Waals surface area contributed by atoms with E-state index in [1.807, 2.05) is 0 Å². The second-order valence-corrected chi connectivity index (χ2v) is 13.1. The molecular weight excluding hydrogens is 766 g/mol. The first-order valence-electron chi connectivity index (χ1n) is 18.1. The van der Waals surface area contributed by atoms with Crippen molar-refractivity contribution in [3.63, 3.8) is 0 Å². The Bertz CT molecular complexity index is 1440. The Kier molecular flexibility index (Phi) is 20.5. The van der Waals surface area contributed by atoms with E-state index < -0.39 is 129 Å². The lowest BCUT2D eigenvalue weighted by molar-refractivity contribution is -0.272. The van der Waals surface area contributed by atoms with E-state index in [0.29, 0.717) is 12.8 Å². The van der Waals surface area contributed by atoms with E-state index in [2.05, 4.69) is 10.6 Å². The third-order valence-electron chi connectivity index (χ3n) is 8.15. The molecule has 2 amide bonds. The fourth-order valence-electron chi connectivity index (χ4n) is 5.78. The molecule has 2 aliphatic heterocycles. The maximum Gasteiger partial charge on any atom is 0.303 e. The van der Waals surface area contributed by atoms with Crippen molar-refractivity contribution in [2.24, 2.45) is 5.73 Å². The molecule has 2 saturated heterocycles. The molecule has 0 aromatic heterocycles. The highest BCUT2D eigenvalue weighted by Crippen LogP contribution is 2.28. The summed E-state index contributed by atoms with van der Waals surface area (Å²) < 4.78 is 53.8. The molecule has 4 N–H and O–H groups in total. The molecule has 2 rings (SSSR count). The van der Waals surface area contributed by atoms with Crippen molar-refractivity contribution in [3.05, 3.63) is 0 Å². The van der Waals surface area contributed by atoms with Gasteiger partial charge in [0.05, 0.1) is 12.1 Å². The van der Waals surface area contributed by atoms with Gasteiger partial charge < -0.3 is 63.7 Å². The molecule has 2 heterocycles. The van der Waals surface area contributed by atoms with Crippen molar-refractivity contribution < 1.29 is 90.5 Å². The van der Waals surface area contributed by atoms with Crippen LogP contribution in [-0.2, 0) is 90.5 Å². The smallest absolute Gasteiger partial charge is 0.303 e. The lowest BCUT2D eigenvalue weighted by Crippen LogP contribution is -2.65. The van der Waals surface area contributed by atoms with Crippen LogP contribution in [0.4, 0.5) is 0 Å². The van der Waals surface area contributed by atoms with Crippen LogP contribution in [0.2, 0.25) is 0 Å². The lowest BCUT2D eigenvalue weighted by atomic mass is 9.97. The molecule has 57 heavy (non-hydrogen) atoms. The Balaban J connectivity index is 1.87. The van der Waals surface area contributed by atoms with Gasteiger partial charge in [0.2, 0.25) is 11.8 Å². The van der Waals surface area contributed by atoms with Gasteiger partial charge in [-0.25, -0.2) is 0 Å². The van der Waals surface area contributed by atoms with Gasteiger partial charge >= 0.3 is 35.8 Å². The molecular formula is C35H53N3O19. The fourth-order valence-corrected chi connectivity index (χ4v) is 5.78. The summed E-state index contributed by atoms with van der Waals surface area (Å²) in [5.74, 6) is -5.75. The second-order valence-electron chi connectivity index (χ2n) is 13.1. The van der Waals surface area contributed by atoms with Crippen LogP contribution in [0, 0.1) is 0 Å². The average Bonchev–Trinajstić information content (AvgIpc) is 3.10. The number of carbonyl (C=O) groups is 9. The van der Waals surface area contributed by atoms with Crippen LogP contribution in [0.15, 0.2) is 0 Å². The minimum absolute atomic E-state index is 0.0903. The first kappa shape index (κ1) is 48.4. The maximum absolute atomic E-state index is 12.8. The normalized spacial score (nSPS) is 26.1. The SMILES string of the molecule is CC(=O)OC[C@H]1OC(OCC(=O)NCCCC[C@H](NC(=O)CO[C@@H]2O[C@H](COC(C)=O)[C@H](OC(C)=O)[C@H](OC(C)=O)[C@H]2N)C(C)=O)C[C@@H](OC(C)=O)[C@H]1OC(C)=O. The van der Waals surface area contributed by atoms with E-state index in [0.717, 1.165) is 34.6 Å². The predicted molar refractivity (Wildman–Crippen MR) is 187 cm³/mol. The largest absolute Gasteiger partial charge is 0.463 e. The maximum atomic E-state index is 12.8. The first-order valence-corrected chi connectivity index (χ1v) is 18.1. The minimum Gasteiger partial charge on any atom is -0.463 e. The number of nitrogens with one attached hydrogen (secondary N) is 2. The predicted octanol–water partition coefficient (Wildman–Crippen LogP) is -1.60. The number of Topliss-reactive ketones (excluding diaryl/α,β-unsaturated/α-hetero) is 1. The number of esters is 6. The standard InChI is InChI=1S/C35H53N3O19/c1-17(39)24(38-29(47)16-51-35-31(36)34(55-23(7)45)33(54-22(6)44)27(57-35)14-49-19(3)41)10-8-9-11-37-28(46)15-50-30-12-25(52-20(4)42)32(53-21(5)43)26(56-30)13-48-18(2)40/h24-27,30-35H,8-16,36H2,1-7H3,(H,37,46)(H,38,47)/t24-,25+,26+,27+,30?,31+,32+,33-,34+,35+/m0/s1. The summed E-state index contributed by atoms with van der Waals surface area (Å²) in [5.41, 5.74) is 6.23. The third kappa shape index (κ3) is 17.9. The molecule has 0 radical (unpaired) electrons. The van der Waals surface area contributed by atoms with Gasteiger partial charge in [-0.3, -0.25) is 43.2 Å². The molecule has 0 bridgehead atoms. The average molecular weight is 820 g/mol. The number of hydrogen-bond acceptors (Lipinski definition) is 20. The highest BCUT2D eigenvalue weighted by Gasteiger charge is 2.50. The molecule has 2 aliphatic rings. The van der Waals surface area contributed by atoms with Crippen molar-refractivity contribution in [1.82, 2.24) is 10.6 Å². The summed E-state index contributed by atoms with van der Waals surface area (Å²) in [6, 6.07) is -2.16. The van der Waals surface area contributed by atoms with Crippen LogP contribution in [-0.4, -0.2) is 148 Å². The van der Waals surface area contributed by atoms with Gasteiger partial charge in [-0.1, -0.05) is 0 Å². The summed E-state index contributed by atoms with van der Waals surface area (Å²) in [5, 5.41) is 5.22. The molecule has 0 aromatic carbocycles. The van der Waals surface area contributed by atoms with Gasteiger partial charge in [-0.15, -0.1) is 0 Å². The molecule has 0 saturated carbocycles. The number of ether oxygens (including phenoxy) is 10. The van der Waals surface area contributed by atoms with Crippen molar-refractivity contribution in [2.75, 3.05) is 33.0 Å². The minimum atomic E-state index is -1.39. The Morgan fingerprint density at radius 2 is 1.16 bits per heavy atom. The number of hydrogen-bond donors (Lipinski definition) is 3. The number of amides is 2. The first-order chi connectivity index (χ1) is 26.8. The zero-order valence-corrected chi connectivity index (χ0v) is 33.0. The van der Waals surface area contributed by atoms with Gasteiger partial charge in [0.25, 0.3) is 0 Å². The molecule has 0 aromatic rings. The van der Waals surface area contributed by atoms with E-state index in [1.165, 1.54) is 13.8 Å². The second kappa shape index (κ2) is 24.1. The van der Waals surface area contributed by atoms with Crippen LogP contribution < -0.4 is 16.4 Å². The van der Waals surface area contributed by atoms with Crippen LogP contribution in [0.25, 0.3) is 0 Å². The van der Waals surface area contributed by atoms with Gasteiger partial charge in [-0.2, -0.15) is 0 Å². The van der Waals surface area contributed by atoms with E-state index in [-0.39, 0.29) is 31.8 Å². The van der Waals surface area contributed by atoms with Gasteiger partial charge in [0.1, 0.15) is 44.7 Å². The number of rotatable bonds is 21. The summed E-state index contributed by atoms with van der Waals surface area (Å²) in [7, 11) is 0. The molecule has 22 nitrogen and oxygen atoms in total. The summed E-state index contributed by atoms with van der Waals surface area (Å²) in [6.45, 7) is 6.44. The topological polar surface area (TPSA) is 296 Å². The zero-order valence-electron chi connectivity index (χ0n) is 33.0. The Morgan fingerprint density at radius 1 is 0.632 bits per heavy atom. The molecule has 22 heteroatoms. The van der Waals surface area contributed by atoms with Crippen LogP contribution >= 0.6 is 0 Å². The van der Waals surface area contributed by atoms with Crippen molar-refractivity contribution >= 4 is 53.4 Å². The molecule has 10 atom stereocenters. The Labute approximate surface area is 328 Å². The van der Waals surface area contributed by atoms with Crippen molar-refractivity contribution in [2.45, 2.75) is 135 Å². The molecule has 0 spiro atoms. The Hall–Kier alpha value is -4.77. The summed E-state index contributed by atoms with van der Waals surface area (Å²) in [4.78, 5) is 108. The monoisotopic (exact) mass is 819 g/mol. The molecule has 322 valence electrons. The number of carbonyl (C=O) groups excluding carboxylic acids is 9. The molecule has 0 aliphatic carbocycles. The quantitative estimate of drug-likeness (QED) is 0.0667. The third-order valence-corrected chi connectivity index (χ3v) is 8.15. The molecule has 1 unspecified atom stereocenters. The number of ketones is 1. The van der Waals surface area contributed by atoms with Gasteiger partial charge in [-0.05, 0) is 26.2 Å². The summed E-state index contributed by atoms with van der Waals surface area (Å²) >= 11 is 0. The van der Waals surface area contributed by atoms with Gasteiger partial charge in [0.15, 0.2) is 36.7 Å². The zero-order chi connectivity index (χ0) is 42.8. The summed E-state index contributed by atoms with van der Waals surface area (Å²) in [6.07, 6.45) is -8.48. The highest BCUT2D eigenvalue weighted by atomic mass is 16.7. The number of unbranched alkanes of at least 4 members (excludes halogenated alkanes) is 1. The van der Waals surface area contributed by atoms with Crippen molar-refractivity contribution in [3.8, 4) is 0 Å². The lowest BCUT2D eigenvalue weighted by Gasteiger charge is -2.43. The highest BCUT2D eigenvalue weighted by molar-refractivity contribution is 5.87. The van der Waals surface area contributed by atoms with E-state index in [9.17, 15) is 43.2 Å². The van der Waals surface area contributed by atoms with Crippen molar-refractivity contribution in [1.29, 1.82) is 0 Å². The van der Waals surface area contributed by atoms with Crippen LogP contribution in [0.5, 0.6) is 0 Å². The van der Waals surface area contributed by atoms with E-state index in [1.54, 1.807) is 0 Å². The van der Waals surface area contributed by atoms with Gasteiger partial charge in [0, 0.05) is 54.5 Å².